The highest BCUT2D eigenvalue weighted by molar-refractivity contribution is 6.33. The number of aliphatic hydroxyl groups is 1. The minimum absolute atomic E-state index is 0.131. The molecule has 1 heterocycles. The highest BCUT2D eigenvalue weighted by atomic mass is 35.5. The molecule has 1 rings (SSSR count). The van der Waals surface area contributed by atoms with Crippen LogP contribution in [0.1, 0.15) is 49.4 Å². The molecule has 0 bridgehead atoms. The average molecular weight is 286 g/mol. The second kappa shape index (κ2) is 6.82. The predicted octanol–water partition coefficient (Wildman–Crippen LogP) is 2.10. The van der Waals surface area contributed by atoms with Crippen LogP contribution >= 0.6 is 11.6 Å². The monoisotopic (exact) mass is 285 g/mol. The Morgan fingerprint density at radius 3 is 2.63 bits per heavy atom. The van der Waals surface area contributed by atoms with Gasteiger partial charge in [-0.15, -0.1) is 0 Å². The van der Waals surface area contributed by atoms with Crippen molar-refractivity contribution in [2.75, 3.05) is 13.6 Å². The lowest BCUT2D eigenvalue weighted by molar-refractivity contribution is 0.0763. The van der Waals surface area contributed by atoms with Gasteiger partial charge < -0.3 is 10.0 Å². The van der Waals surface area contributed by atoms with E-state index >= 15 is 0 Å². The van der Waals surface area contributed by atoms with E-state index in [0.29, 0.717) is 18.8 Å². The van der Waals surface area contributed by atoms with Crippen molar-refractivity contribution >= 4 is 17.5 Å². The first-order chi connectivity index (χ1) is 8.82. The van der Waals surface area contributed by atoms with E-state index in [1.807, 2.05) is 13.8 Å². The number of hydrogen-bond donors (Lipinski definition) is 1. The van der Waals surface area contributed by atoms with Gasteiger partial charge in [0.15, 0.2) is 5.69 Å². The molecule has 5 nitrogen and oxygen atoms in total. The van der Waals surface area contributed by atoms with Crippen molar-refractivity contribution < 1.29 is 9.90 Å². The lowest BCUT2D eigenvalue weighted by Gasteiger charge is -2.18. The second-order valence-electron chi connectivity index (χ2n) is 4.94. The summed E-state index contributed by atoms with van der Waals surface area (Å²) in [4.78, 5) is 22.1. The summed E-state index contributed by atoms with van der Waals surface area (Å²) in [6, 6.07) is 0. The third-order valence-electron chi connectivity index (χ3n) is 2.71. The quantitative estimate of drug-likeness (QED) is 0.900. The molecule has 1 atom stereocenters. The summed E-state index contributed by atoms with van der Waals surface area (Å²) in [7, 11) is 1.66. The van der Waals surface area contributed by atoms with Gasteiger partial charge in [0.2, 0.25) is 0 Å². The van der Waals surface area contributed by atoms with Gasteiger partial charge >= 0.3 is 0 Å². The Morgan fingerprint density at radius 1 is 1.47 bits per heavy atom. The predicted molar refractivity (Wildman–Crippen MR) is 74.4 cm³/mol. The number of carbonyl (C=O) groups is 1. The fourth-order valence-electron chi connectivity index (χ4n) is 1.47. The standard InChI is InChI=1S/C13H20ClN3O2/c1-8(2)12-15-7-10(14)11(16-12)13(19)17(4)6-5-9(3)18/h7-9,18H,5-6H2,1-4H3. The number of aliphatic hydroxyl groups excluding tert-OH is 1. The minimum atomic E-state index is -0.442. The Hall–Kier alpha value is -1.20. The van der Waals surface area contributed by atoms with Crippen molar-refractivity contribution in [2.24, 2.45) is 0 Å². The van der Waals surface area contributed by atoms with Crippen molar-refractivity contribution in [2.45, 2.75) is 39.2 Å². The Morgan fingerprint density at radius 2 is 2.11 bits per heavy atom. The summed E-state index contributed by atoms with van der Waals surface area (Å²) in [6.45, 7) is 6.05. The number of halogens is 1. The SMILES string of the molecule is CC(O)CCN(C)C(=O)c1nc(C(C)C)ncc1Cl. The molecule has 0 aromatic carbocycles. The van der Waals surface area contributed by atoms with Crippen LogP contribution in [0.25, 0.3) is 0 Å². The number of rotatable bonds is 5. The first-order valence-electron chi connectivity index (χ1n) is 6.29. The Kier molecular flexibility index (Phi) is 5.69. The van der Waals surface area contributed by atoms with Crippen molar-refractivity contribution in [1.82, 2.24) is 14.9 Å². The van der Waals surface area contributed by atoms with E-state index < -0.39 is 6.10 Å². The van der Waals surface area contributed by atoms with Gasteiger partial charge in [0.25, 0.3) is 5.91 Å². The fraction of sp³-hybridized carbons (Fsp3) is 0.615. The average Bonchev–Trinajstić information content (AvgIpc) is 2.35. The molecule has 1 aromatic rings. The van der Waals surface area contributed by atoms with Gasteiger partial charge in [-0.3, -0.25) is 4.79 Å². The minimum Gasteiger partial charge on any atom is -0.393 e. The zero-order chi connectivity index (χ0) is 14.6. The summed E-state index contributed by atoms with van der Waals surface area (Å²) in [5.74, 6) is 0.471. The van der Waals surface area contributed by atoms with Crippen LogP contribution < -0.4 is 0 Å². The highest BCUT2D eigenvalue weighted by Gasteiger charge is 2.19. The Bertz CT molecular complexity index is 450. The van der Waals surface area contributed by atoms with Crippen LogP contribution in [0.2, 0.25) is 5.02 Å². The van der Waals surface area contributed by atoms with Crippen LogP contribution in [0.15, 0.2) is 6.20 Å². The third-order valence-corrected chi connectivity index (χ3v) is 2.99. The van der Waals surface area contributed by atoms with E-state index in [1.54, 1.807) is 14.0 Å². The molecule has 0 aliphatic carbocycles. The molecule has 0 aliphatic heterocycles. The van der Waals surface area contributed by atoms with E-state index in [1.165, 1.54) is 11.1 Å². The molecule has 1 aromatic heterocycles. The van der Waals surface area contributed by atoms with Crippen molar-refractivity contribution in [3.05, 3.63) is 22.7 Å². The van der Waals surface area contributed by atoms with Gasteiger partial charge in [-0.1, -0.05) is 25.4 Å². The fourth-order valence-corrected chi connectivity index (χ4v) is 1.64. The molecule has 1 unspecified atom stereocenters. The second-order valence-corrected chi connectivity index (χ2v) is 5.35. The van der Waals surface area contributed by atoms with Gasteiger partial charge in [-0.25, -0.2) is 9.97 Å². The van der Waals surface area contributed by atoms with E-state index in [0.717, 1.165) is 0 Å². The zero-order valence-corrected chi connectivity index (χ0v) is 12.5. The smallest absolute Gasteiger partial charge is 0.273 e. The molecule has 0 fully saturated rings. The summed E-state index contributed by atoms with van der Waals surface area (Å²) in [5, 5.41) is 9.48. The van der Waals surface area contributed by atoms with Gasteiger partial charge in [0.1, 0.15) is 5.82 Å². The zero-order valence-electron chi connectivity index (χ0n) is 11.7. The van der Waals surface area contributed by atoms with E-state index in [4.69, 9.17) is 11.6 Å². The number of carbonyl (C=O) groups excluding carboxylic acids is 1. The van der Waals surface area contributed by atoms with Crippen LogP contribution in [0.3, 0.4) is 0 Å². The van der Waals surface area contributed by atoms with Crippen LogP contribution in [0, 0.1) is 0 Å². The summed E-state index contributed by atoms with van der Waals surface area (Å²) < 4.78 is 0. The number of aromatic nitrogens is 2. The maximum absolute atomic E-state index is 12.2. The largest absolute Gasteiger partial charge is 0.393 e. The molecule has 0 aliphatic rings. The van der Waals surface area contributed by atoms with Crippen molar-refractivity contribution in [3.63, 3.8) is 0 Å². The molecule has 0 radical (unpaired) electrons. The van der Waals surface area contributed by atoms with Gasteiger partial charge in [-0.2, -0.15) is 0 Å². The maximum Gasteiger partial charge on any atom is 0.273 e. The van der Waals surface area contributed by atoms with E-state index in [2.05, 4.69) is 9.97 Å². The van der Waals surface area contributed by atoms with E-state index in [-0.39, 0.29) is 22.5 Å². The molecule has 0 spiro atoms. The molecular formula is C13H20ClN3O2. The summed E-state index contributed by atoms with van der Waals surface area (Å²) >= 11 is 5.98. The summed E-state index contributed by atoms with van der Waals surface area (Å²) in [5.41, 5.74) is 0.216. The van der Waals surface area contributed by atoms with Crippen molar-refractivity contribution in [1.29, 1.82) is 0 Å². The first-order valence-corrected chi connectivity index (χ1v) is 6.66. The summed E-state index contributed by atoms with van der Waals surface area (Å²) in [6.07, 6.45) is 1.53. The van der Waals surface area contributed by atoms with Gasteiger partial charge in [-0.05, 0) is 13.3 Å². The topological polar surface area (TPSA) is 66.3 Å². The molecule has 1 amide bonds. The van der Waals surface area contributed by atoms with Crippen LogP contribution in [-0.4, -0.2) is 45.6 Å². The Labute approximate surface area is 118 Å². The van der Waals surface area contributed by atoms with Gasteiger partial charge in [0, 0.05) is 19.5 Å². The number of nitrogens with zero attached hydrogens (tertiary/aromatic N) is 3. The van der Waals surface area contributed by atoms with Crippen LogP contribution in [-0.2, 0) is 0 Å². The van der Waals surface area contributed by atoms with Crippen molar-refractivity contribution in [3.8, 4) is 0 Å². The third kappa shape index (κ3) is 4.44. The molecule has 19 heavy (non-hydrogen) atoms. The van der Waals surface area contributed by atoms with Gasteiger partial charge in [0.05, 0.1) is 17.3 Å². The normalized spacial score (nSPS) is 12.6. The Balaban J connectivity index is 2.89. The van der Waals surface area contributed by atoms with Crippen LogP contribution in [0.5, 0.6) is 0 Å². The molecular weight excluding hydrogens is 266 g/mol. The lowest BCUT2D eigenvalue weighted by Crippen LogP contribution is -2.30. The maximum atomic E-state index is 12.2. The first kappa shape index (κ1) is 15.9. The molecule has 6 heteroatoms. The molecule has 1 N–H and O–H groups in total. The molecule has 106 valence electrons. The van der Waals surface area contributed by atoms with Crippen LogP contribution in [0.4, 0.5) is 0 Å². The number of amides is 1. The lowest BCUT2D eigenvalue weighted by atomic mass is 10.2. The van der Waals surface area contributed by atoms with E-state index in [9.17, 15) is 9.90 Å². The molecule has 0 saturated carbocycles. The molecule has 0 saturated heterocycles. The number of hydrogen-bond acceptors (Lipinski definition) is 4. The highest BCUT2D eigenvalue weighted by Crippen LogP contribution is 2.17.